The highest BCUT2D eigenvalue weighted by atomic mass is 35.5. The van der Waals surface area contributed by atoms with E-state index in [2.05, 4.69) is 53.7 Å². The molecule has 1 aliphatic heterocycles. The SMILES string of the molecule is Cc1nn(Cc2ccccc2Cl)c(C)c1CNC(C)CN1CCN(C)CC1. The van der Waals surface area contributed by atoms with Crippen LogP contribution in [0.2, 0.25) is 5.02 Å². The number of nitrogens with zero attached hydrogens (tertiary/aromatic N) is 4. The molecule has 1 aromatic heterocycles. The van der Waals surface area contributed by atoms with Gasteiger partial charge in [-0.2, -0.15) is 5.10 Å². The maximum atomic E-state index is 6.32. The molecule has 148 valence electrons. The maximum absolute atomic E-state index is 6.32. The lowest BCUT2D eigenvalue weighted by Gasteiger charge is -2.34. The number of piperazine rings is 1. The van der Waals surface area contributed by atoms with E-state index in [1.165, 1.54) is 24.3 Å². The highest BCUT2D eigenvalue weighted by Gasteiger charge is 2.17. The minimum Gasteiger partial charge on any atom is -0.309 e. The molecular formula is C21H32ClN5. The first-order chi connectivity index (χ1) is 12.9. The van der Waals surface area contributed by atoms with Crippen LogP contribution >= 0.6 is 11.6 Å². The zero-order valence-electron chi connectivity index (χ0n) is 17.0. The highest BCUT2D eigenvalue weighted by molar-refractivity contribution is 6.31. The first kappa shape index (κ1) is 20.3. The second kappa shape index (κ2) is 9.20. The molecule has 0 saturated carbocycles. The van der Waals surface area contributed by atoms with Crippen LogP contribution in [0.1, 0.15) is 29.4 Å². The molecule has 5 nitrogen and oxygen atoms in total. The fourth-order valence-electron chi connectivity index (χ4n) is 3.69. The van der Waals surface area contributed by atoms with E-state index in [0.717, 1.165) is 42.5 Å². The van der Waals surface area contributed by atoms with Gasteiger partial charge in [0.15, 0.2) is 0 Å². The number of hydrogen-bond acceptors (Lipinski definition) is 4. The van der Waals surface area contributed by atoms with Gasteiger partial charge >= 0.3 is 0 Å². The largest absolute Gasteiger partial charge is 0.309 e. The number of halogens is 1. The molecule has 0 radical (unpaired) electrons. The molecule has 2 heterocycles. The van der Waals surface area contributed by atoms with Crippen molar-refractivity contribution in [1.29, 1.82) is 0 Å². The molecule has 2 aromatic rings. The smallest absolute Gasteiger partial charge is 0.0677 e. The van der Waals surface area contributed by atoms with Gasteiger partial charge in [0, 0.05) is 61.6 Å². The molecule has 6 heteroatoms. The monoisotopic (exact) mass is 389 g/mol. The summed E-state index contributed by atoms with van der Waals surface area (Å²) in [6, 6.07) is 8.44. The van der Waals surface area contributed by atoms with Crippen molar-refractivity contribution in [3.05, 3.63) is 51.8 Å². The third-order valence-corrected chi connectivity index (χ3v) is 5.93. The molecule has 1 N–H and O–H groups in total. The minimum absolute atomic E-state index is 0.458. The molecule has 1 aromatic carbocycles. The van der Waals surface area contributed by atoms with Gasteiger partial charge in [-0.3, -0.25) is 9.58 Å². The Balaban J connectivity index is 1.57. The van der Waals surface area contributed by atoms with Crippen molar-refractivity contribution in [2.75, 3.05) is 39.8 Å². The van der Waals surface area contributed by atoms with Gasteiger partial charge in [-0.1, -0.05) is 29.8 Å². The molecule has 0 aliphatic carbocycles. The topological polar surface area (TPSA) is 36.3 Å². The van der Waals surface area contributed by atoms with Crippen LogP contribution in [0.15, 0.2) is 24.3 Å². The summed E-state index contributed by atoms with van der Waals surface area (Å²) >= 11 is 6.32. The fourth-order valence-corrected chi connectivity index (χ4v) is 3.89. The lowest BCUT2D eigenvalue weighted by atomic mass is 10.1. The molecule has 1 saturated heterocycles. The van der Waals surface area contributed by atoms with Crippen LogP contribution in [0.5, 0.6) is 0 Å². The van der Waals surface area contributed by atoms with Gasteiger partial charge in [-0.15, -0.1) is 0 Å². The highest BCUT2D eigenvalue weighted by Crippen LogP contribution is 2.19. The van der Waals surface area contributed by atoms with Crippen molar-refractivity contribution >= 4 is 11.6 Å². The average Bonchev–Trinajstić information content (AvgIpc) is 2.90. The van der Waals surface area contributed by atoms with Gasteiger partial charge in [0.1, 0.15) is 0 Å². The Morgan fingerprint density at radius 3 is 2.56 bits per heavy atom. The first-order valence-corrected chi connectivity index (χ1v) is 10.2. The molecule has 0 amide bonds. The van der Waals surface area contributed by atoms with E-state index >= 15 is 0 Å². The normalized spacial score (nSPS) is 17.4. The summed E-state index contributed by atoms with van der Waals surface area (Å²) in [6.45, 7) is 13.8. The summed E-state index contributed by atoms with van der Waals surface area (Å²) < 4.78 is 2.07. The van der Waals surface area contributed by atoms with Crippen LogP contribution in [0.3, 0.4) is 0 Å². The summed E-state index contributed by atoms with van der Waals surface area (Å²) in [6.07, 6.45) is 0. The number of likely N-dealkylation sites (N-methyl/N-ethyl adjacent to an activating group) is 1. The summed E-state index contributed by atoms with van der Waals surface area (Å²) in [4.78, 5) is 4.95. The second-order valence-electron chi connectivity index (χ2n) is 7.78. The van der Waals surface area contributed by atoms with Crippen LogP contribution in [0.4, 0.5) is 0 Å². The standard InChI is InChI=1S/C21H32ClN5/c1-16(14-26-11-9-25(4)10-12-26)23-13-20-17(2)24-27(18(20)3)15-19-7-5-6-8-21(19)22/h5-8,16,23H,9-15H2,1-4H3. The van der Waals surface area contributed by atoms with Gasteiger partial charge in [0.2, 0.25) is 0 Å². The van der Waals surface area contributed by atoms with E-state index in [1.54, 1.807) is 0 Å². The Hall–Kier alpha value is -1.40. The van der Waals surface area contributed by atoms with E-state index < -0.39 is 0 Å². The molecule has 3 rings (SSSR count). The molecule has 1 atom stereocenters. The Kier molecular flexibility index (Phi) is 6.93. The Morgan fingerprint density at radius 1 is 1.15 bits per heavy atom. The van der Waals surface area contributed by atoms with Crippen LogP contribution in [0.25, 0.3) is 0 Å². The van der Waals surface area contributed by atoms with Crippen molar-refractivity contribution in [2.24, 2.45) is 0 Å². The van der Waals surface area contributed by atoms with E-state index in [1.807, 2.05) is 18.2 Å². The van der Waals surface area contributed by atoms with Gasteiger partial charge in [-0.05, 0) is 39.4 Å². The minimum atomic E-state index is 0.458. The van der Waals surface area contributed by atoms with Crippen LogP contribution in [0, 0.1) is 13.8 Å². The Morgan fingerprint density at radius 2 is 1.85 bits per heavy atom. The number of benzene rings is 1. The summed E-state index contributed by atoms with van der Waals surface area (Å²) in [5, 5.41) is 9.24. The number of rotatable bonds is 7. The molecule has 0 bridgehead atoms. The van der Waals surface area contributed by atoms with Crippen molar-refractivity contribution in [2.45, 2.75) is 39.9 Å². The van der Waals surface area contributed by atoms with E-state index in [4.69, 9.17) is 16.7 Å². The molecule has 1 unspecified atom stereocenters. The Bertz CT molecular complexity index is 749. The fraction of sp³-hybridized carbons (Fsp3) is 0.571. The van der Waals surface area contributed by atoms with Crippen LogP contribution < -0.4 is 5.32 Å². The molecule has 0 spiro atoms. The zero-order chi connectivity index (χ0) is 19.4. The predicted molar refractivity (Wildman–Crippen MR) is 112 cm³/mol. The Labute approximate surface area is 168 Å². The van der Waals surface area contributed by atoms with Crippen molar-refractivity contribution in [1.82, 2.24) is 24.9 Å². The molecular weight excluding hydrogens is 358 g/mol. The number of aryl methyl sites for hydroxylation is 1. The molecule has 1 fully saturated rings. The van der Waals surface area contributed by atoms with E-state index in [0.29, 0.717) is 12.6 Å². The zero-order valence-corrected chi connectivity index (χ0v) is 17.8. The van der Waals surface area contributed by atoms with Gasteiger partial charge < -0.3 is 10.2 Å². The third-order valence-electron chi connectivity index (χ3n) is 5.56. The molecule has 27 heavy (non-hydrogen) atoms. The van der Waals surface area contributed by atoms with Gasteiger partial charge in [0.05, 0.1) is 12.2 Å². The van der Waals surface area contributed by atoms with Crippen LogP contribution in [-0.2, 0) is 13.1 Å². The maximum Gasteiger partial charge on any atom is 0.0677 e. The van der Waals surface area contributed by atoms with Gasteiger partial charge in [0.25, 0.3) is 0 Å². The number of nitrogens with one attached hydrogen (secondary N) is 1. The van der Waals surface area contributed by atoms with Crippen LogP contribution in [-0.4, -0.2) is 65.4 Å². The predicted octanol–water partition coefficient (Wildman–Crippen LogP) is 2.93. The van der Waals surface area contributed by atoms with E-state index in [9.17, 15) is 0 Å². The van der Waals surface area contributed by atoms with Crippen molar-refractivity contribution in [3.8, 4) is 0 Å². The molecule has 1 aliphatic rings. The quantitative estimate of drug-likeness (QED) is 0.789. The summed E-state index contributed by atoms with van der Waals surface area (Å²) in [5.41, 5.74) is 4.71. The number of hydrogen-bond donors (Lipinski definition) is 1. The first-order valence-electron chi connectivity index (χ1n) is 9.84. The second-order valence-corrected chi connectivity index (χ2v) is 8.19. The number of aromatic nitrogens is 2. The van der Waals surface area contributed by atoms with Crippen molar-refractivity contribution < 1.29 is 0 Å². The van der Waals surface area contributed by atoms with E-state index in [-0.39, 0.29) is 0 Å². The van der Waals surface area contributed by atoms with Gasteiger partial charge in [-0.25, -0.2) is 0 Å². The average molecular weight is 390 g/mol. The summed E-state index contributed by atoms with van der Waals surface area (Å²) in [7, 11) is 2.20. The summed E-state index contributed by atoms with van der Waals surface area (Å²) in [5.74, 6) is 0. The lowest BCUT2D eigenvalue weighted by molar-refractivity contribution is 0.144. The van der Waals surface area contributed by atoms with Crippen molar-refractivity contribution in [3.63, 3.8) is 0 Å². The lowest BCUT2D eigenvalue weighted by Crippen LogP contribution is -2.48. The third kappa shape index (κ3) is 5.32.